The average molecular weight is 304 g/mol. The first kappa shape index (κ1) is 14.8. The van der Waals surface area contributed by atoms with Crippen molar-refractivity contribution in [2.24, 2.45) is 11.8 Å². The minimum atomic E-state index is -2.98. The van der Waals surface area contributed by atoms with Crippen LogP contribution in [0.15, 0.2) is 0 Å². The fourth-order valence-corrected chi connectivity index (χ4v) is 4.81. The molecule has 3 unspecified atom stereocenters. The minimum absolute atomic E-state index is 0.0513. The van der Waals surface area contributed by atoms with Gasteiger partial charge in [0.15, 0.2) is 0 Å². The summed E-state index contributed by atoms with van der Waals surface area (Å²) in [6.45, 7) is 1.90. The monoisotopic (exact) mass is 304 g/mol. The van der Waals surface area contributed by atoms with E-state index in [-0.39, 0.29) is 17.2 Å². The predicted molar refractivity (Wildman–Crippen MR) is 75.3 cm³/mol. The number of rotatable bonds is 4. The third kappa shape index (κ3) is 3.31. The normalized spacial score (nSPS) is 26.3. The molecular formula is C11H20N4O2S2. The van der Waals surface area contributed by atoms with Crippen LogP contribution in [0.1, 0.15) is 42.3 Å². The zero-order chi connectivity index (χ0) is 14.0. The molecule has 1 aromatic rings. The lowest BCUT2D eigenvalue weighted by atomic mass is 9.83. The van der Waals surface area contributed by atoms with Crippen molar-refractivity contribution in [3.05, 3.63) is 10.6 Å². The third-order valence-corrected chi connectivity index (χ3v) is 6.44. The number of nitrogens with two attached hydrogens (primary N) is 1. The highest BCUT2D eigenvalue weighted by atomic mass is 32.2. The van der Waals surface area contributed by atoms with E-state index in [0.717, 1.165) is 29.8 Å². The van der Waals surface area contributed by atoms with Crippen molar-refractivity contribution >= 4 is 21.4 Å². The predicted octanol–water partition coefficient (Wildman–Crippen LogP) is 0.954. The first-order valence-corrected chi connectivity index (χ1v) is 9.10. The molecule has 1 aromatic heterocycles. The second-order valence-corrected chi connectivity index (χ2v) is 8.36. The van der Waals surface area contributed by atoms with Gasteiger partial charge in [-0.05, 0) is 43.6 Å². The van der Waals surface area contributed by atoms with Gasteiger partial charge in [0.05, 0.1) is 21.9 Å². The van der Waals surface area contributed by atoms with E-state index in [1.807, 2.05) is 6.92 Å². The molecule has 108 valence electrons. The molecule has 1 aliphatic carbocycles. The van der Waals surface area contributed by atoms with E-state index in [0.29, 0.717) is 6.42 Å². The number of sulfone groups is 1. The molecule has 3 N–H and O–H groups in total. The number of nitrogens with zero attached hydrogens (tertiary/aromatic N) is 2. The fourth-order valence-electron chi connectivity index (χ4n) is 2.82. The fraction of sp³-hybridized carbons (Fsp3) is 0.818. The third-order valence-electron chi connectivity index (χ3n) is 3.89. The van der Waals surface area contributed by atoms with Crippen molar-refractivity contribution in [1.82, 2.24) is 15.0 Å². The highest BCUT2D eigenvalue weighted by molar-refractivity contribution is 7.91. The second kappa shape index (κ2) is 5.82. The molecule has 3 atom stereocenters. The molecule has 1 heterocycles. The summed E-state index contributed by atoms with van der Waals surface area (Å²) < 4.78 is 27.4. The van der Waals surface area contributed by atoms with Crippen molar-refractivity contribution in [2.45, 2.75) is 43.9 Å². The van der Waals surface area contributed by atoms with E-state index in [2.05, 4.69) is 15.0 Å². The summed E-state index contributed by atoms with van der Waals surface area (Å²) in [7, 11) is -2.98. The number of hydrogen-bond donors (Lipinski definition) is 2. The Labute approximate surface area is 117 Å². The van der Waals surface area contributed by atoms with Gasteiger partial charge in [0.25, 0.3) is 0 Å². The van der Waals surface area contributed by atoms with E-state index in [1.165, 1.54) is 17.8 Å². The van der Waals surface area contributed by atoms with Crippen LogP contribution in [0.2, 0.25) is 0 Å². The molecule has 1 saturated carbocycles. The lowest BCUT2D eigenvalue weighted by molar-refractivity contribution is 0.276. The molecular weight excluding hydrogens is 284 g/mol. The largest absolute Gasteiger partial charge is 0.271 e. The highest BCUT2D eigenvalue weighted by Gasteiger charge is 2.34. The molecule has 0 amide bonds. The van der Waals surface area contributed by atoms with Crippen LogP contribution in [0.3, 0.4) is 0 Å². The standard InChI is InChI=1S/C11H20N4O2S2/c1-7-11(18-15-14-7)10(13-12)8-4-3-5-9(6-8)19(2,16)17/h8-10,13H,3-6,12H2,1-2H3. The number of hydrazine groups is 1. The molecule has 0 spiro atoms. The Morgan fingerprint density at radius 3 is 2.74 bits per heavy atom. The maximum absolute atomic E-state index is 11.7. The summed E-state index contributed by atoms with van der Waals surface area (Å²) in [4.78, 5) is 1.02. The van der Waals surface area contributed by atoms with Crippen LogP contribution in [0.25, 0.3) is 0 Å². The van der Waals surface area contributed by atoms with Gasteiger partial charge >= 0.3 is 0 Å². The van der Waals surface area contributed by atoms with Gasteiger partial charge in [-0.15, -0.1) is 5.10 Å². The Kier molecular flexibility index (Phi) is 4.54. The molecule has 2 rings (SSSR count). The summed E-state index contributed by atoms with van der Waals surface area (Å²) in [5.41, 5.74) is 3.69. The summed E-state index contributed by atoms with van der Waals surface area (Å²) in [5.74, 6) is 5.89. The van der Waals surface area contributed by atoms with Gasteiger partial charge in [0, 0.05) is 6.26 Å². The zero-order valence-electron chi connectivity index (χ0n) is 11.2. The van der Waals surface area contributed by atoms with Gasteiger partial charge in [0.2, 0.25) is 0 Å². The van der Waals surface area contributed by atoms with Crippen molar-refractivity contribution in [3.8, 4) is 0 Å². The van der Waals surface area contributed by atoms with Crippen LogP contribution in [-0.4, -0.2) is 29.5 Å². The average Bonchev–Trinajstić information content (AvgIpc) is 2.76. The Morgan fingerprint density at radius 1 is 1.47 bits per heavy atom. The molecule has 6 nitrogen and oxygen atoms in total. The number of aromatic nitrogens is 2. The van der Waals surface area contributed by atoms with Gasteiger partial charge in [-0.1, -0.05) is 10.9 Å². The maximum Gasteiger partial charge on any atom is 0.150 e. The molecule has 0 bridgehead atoms. The van der Waals surface area contributed by atoms with E-state index in [9.17, 15) is 8.42 Å². The highest BCUT2D eigenvalue weighted by Crippen LogP contribution is 2.38. The molecule has 0 saturated heterocycles. The molecule has 19 heavy (non-hydrogen) atoms. The first-order chi connectivity index (χ1) is 8.93. The van der Waals surface area contributed by atoms with Gasteiger partial charge in [-0.3, -0.25) is 11.3 Å². The van der Waals surface area contributed by atoms with Crippen molar-refractivity contribution in [1.29, 1.82) is 0 Å². The van der Waals surface area contributed by atoms with Crippen LogP contribution in [-0.2, 0) is 9.84 Å². The van der Waals surface area contributed by atoms with Crippen molar-refractivity contribution in [3.63, 3.8) is 0 Å². The van der Waals surface area contributed by atoms with E-state index >= 15 is 0 Å². The van der Waals surface area contributed by atoms with Gasteiger partial charge < -0.3 is 0 Å². The van der Waals surface area contributed by atoms with Crippen LogP contribution in [0, 0.1) is 12.8 Å². The molecule has 0 aromatic carbocycles. The molecule has 1 fully saturated rings. The summed E-state index contributed by atoms with van der Waals surface area (Å²) >= 11 is 1.33. The summed E-state index contributed by atoms with van der Waals surface area (Å²) in [6, 6.07) is -0.0513. The van der Waals surface area contributed by atoms with Crippen LogP contribution in [0.5, 0.6) is 0 Å². The van der Waals surface area contributed by atoms with Gasteiger partial charge in [-0.2, -0.15) is 0 Å². The van der Waals surface area contributed by atoms with E-state index in [1.54, 1.807) is 0 Å². The first-order valence-electron chi connectivity index (χ1n) is 6.37. The van der Waals surface area contributed by atoms with Crippen LogP contribution in [0.4, 0.5) is 0 Å². The Morgan fingerprint density at radius 2 is 2.21 bits per heavy atom. The lowest BCUT2D eigenvalue weighted by Crippen LogP contribution is -2.38. The van der Waals surface area contributed by atoms with E-state index < -0.39 is 9.84 Å². The molecule has 0 aliphatic heterocycles. The number of nitrogens with one attached hydrogen (secondary N) is 1. The molecule has 1 aliphatic rings. The summed E-state index contributed by atoms with van der Waals surface area (Å²) in [6.07, 6.45) is 4.64. The lowest BCUT2D eigenvalue weighted by Gasteiger charge is -2.33. The maximum atomic E-state index is 11.7. The molecule has 8 heteroatoms. The van der Waals surface area contributed by atoms with Gasteiger partial charge in [0.1, 0.15) is 9.84 Å². The molecule has 0 radical (unpaired) electrons. The Hall–Kier alpha value is -0.570. The topological polar surface area (TPSA) is 98.0 Å². The zero-order valence-corrected chi connectivity index (χ0v) is 12.8. The quantitative estimate of drug-likeness (QED) is 0.635. The van der Waals surface area contributed by atoms with Crippen molar-refractivity contribution < 1.29 is 8.42 Å². The van der Waals surface area contributed by atoms with E-state index in [4.69, 9.17) is 5.84 Å². The minimum Gasteiger partial charge on any atom is -0.271 e. The number of hydrogen-bond acceptors (Lipinski definition) is 7. The number of aryl methyl sites for hydroxylation is 1. The Bertz CT molecular complexity index is 529. The van der Waals surface area contributed by atoms with Crippen LogP contribution >= 0.6 is 11.5 Å². The Balaban J connectivity index is 2.18. The summed E-state index contributed by atoms with van der Waals surface area (Å²) in [5, 5.41) is 3.76. The SMILES string of the molecule is Cc1nnsc1C(NN)C1CCCC(S(C)(=O)=O)C1. The van der Waals surface area contributed by atoms with Crippen molar-refractivity contribution in [2.75, 3.05) is 6.26 Å². The van der Waals surface area contributed by atoms with Gasteiger partial charge in [-0.25, -0.2) is 8.42 Å². The smallest absolute Gasteiger partial charge is 0.150 e. The second-order valence-electron chi connectivity index (χ2n) is 5.25. The van der Waals surface area contributed by atoms with Crippen LogP contribution < -0.4 is 11.3 Å².